The SMILES string of the molecule is C=C(C)C(=O)OC12C=CC(C1)/C(=C/C)C2. The lowest BCUT2D eigenvalue weighted by Gasteiger charge is -2.24. The second kappa shape index (κ2) is 3.37. The first kappa shape index (κ1) is 10.2. The van der Waals surface area contributed by atoms with E-state index in [0.29, 0.717) is 11.5 Å². The van der Waals surface area contributed by atoms with E-state index in [9.17, 15) is 4.79 Å². The van der Waals surface area contributed by atoms with E-state index in [1.54, 1.807) is 6.92 Å². The molecule has 0 radical (unpaired) electrons. The molecule has 1 saturated carbocycles. The zero-order chi connectivity index (χ0) is 11.1. The maximum absolute atomic E-state index is 11.5. The van der Waals surface area contributed by atoms with Gasteiger partial charge >= 0.3 is 5.97 Å². The van der Waals surface area contributed by atoms with Gasteiger partial charge in [0.25, 0.3) is 0 Å². The van der Waals surface area contributed by atoms with Crippen LogP contribution in [-0.2, 0) is 9.53 Å². The molecule has 2 unspecified atom stereocenters. The highest BCUT2D eigenvalue weighted by Crippen LogP contribution is 2.48. The number of carbonyl (C=O) groups excluding carboxylic acids is 1. The molecular weight excluding hydrogens is 188 g/mol. The molecule has 2 aliphatic rings. The lowest BCUT2D eigenvalue weighted by molar-refractivity contribution is -0.149. The Morgan fingerprint density at radius 1 is 1.73 bits per heavy atom. The largest absolute Gasteiger partial charge is 0.451 e. The second-order valence-corrected chi connectivity index (χ2v) is 4.44. The van der Waals surface area contributed by atoms with Gasteiger partial charge in [-0.1, -0.05) is 24.3 Å². The zero-order valence-electron chi connectivity index (χ0n) is 9.25. The molecule has 0 spiro atoms. The zero-order valence-corrected chi connectivity index (χ0v) is 9.25. The summed E-state index contributed by atoms with van der Waals surface area (Å²) in [6.45, 7) is 7.32. The normalized spacial score (nSPS) is 34.8. The first-order valence-electron chi connectivity index (χ1n) is 5.29. The molecule has 0 aromatic carbocycles. The highest BCUT2D eigenvalue weighted by molar-refractivity contribution is 5.87. The van der Waals surface area contributed by atoms with E-state index in [4.69, 9.17) is 4.74 Å². The molecule has 0 aromatic rings. The molecule has 0 saturated heterocycles. The summed E-state index contributed by atoms with van der Waals surface area (Å²) in [4.78, 5) is 11.5. The van der Waals surface area contributed by atoms with E-state index >= 15 is 0 Å². The smallest absolute Gasteiger partial charge is 0.333 e. The van der Waals surface area contributed by atoms with Crippen molar-refractivity contribution in [1.29, 1.82) is 0 Å². The van der Waals surface area contributed by atoms with Crippen LogP contribution in [0.3, 0.4) is 0 Å². The Balaban J connectivity index is 2.14. The Morgan fingerprint density at radius 3 is 3.00 bits per heavy atom. The molecule has 15 heavy (non-hydrogen) atoms. The molecule has 0 amide bonds. The van der Waals surface area contributed by atoms with Crippen molar-refractivity contribution in [3.63, 3.8) is 0 Å². The van der Waals surface area contributed by atoms with Crippen LogP contribution in [0, 0.1) is 5.92 Å². The molecule has 0 N–H and O–H groups in total. The van der Waals surface area contributed by atoms with Gasteiger partial charge < -0.3 is 4.74 Å². The van der Waals surface area contributed by atoms with Gasteiger partial charge in [-0.15, -0.1) is 0 Å². The molecule has 0 heterocycles. The molecule has 2 aliphatic carbocycles. The van der Waals surface area contributed by atoms with Gasteiger partial charge in [-0.3, -0.25) is 0 Å². The minimum atomic E-state index is -0.372. The number of allylic oxidation sites excluding steroid dienone is 2. The molecule has 1 fully saturated rings. The fourth-order valence-corrected chi connectivity index (χ4v) is 2.36. The van der Waals surface area contributed by atoms with Gasteiger partial charge in [0.05, 0.1) is 0 Å². The predicted octanol–water partition coefficient (Wildman–Crippen LogP) is 2.77. The topological polar surface area (TPSA) is 26.3 Å². The summed E-state index contributed by atoms with van der Waals surface area (Å²) in [6.07, 6.45) is 8.07. The van der Waals surface area contributed by atoms with Crippen molar-refractivity contribution >= 4 is 5.97 Å². The molecular formula is C13H16O2. The van der Waals surface area contributed by atoms with Crippen molar-refractivity contribution < 1.29 is 9.53 Å². The number of hydrogen-bond acceptors (Lipinski definition) is 2. The van der Waals surface area contributed by atoms with Crippen molar-refractivity contribution in [2.75, 3.05) is 0 Å². The Hall–Kier alpha value is -1.31. The molecule has 80 valence electrons. The van der Waals surface area contributed by atoms with Crippen LogP contribution in [-0.4, -0.2) is 11.6 Å². The summed E-state index contributed by atoms with van der Waals surface area (Å²) in [5, 5.41) is 0. The van der Waals surface area contributed by atoms with E-state index in [0.717, 1.165) is 12.8 Å². The highest BCUT2D eigenvalue weighted by Gasteiger charge is 2.46. The van der Waals surface area contributed by atoms with Crippen LogP contribution in [0.1, 0.15) is 26.7 Å². The number of carbonyl (C=O) groups is 1. The summed E-state index contributed by atoms with van der Waals surface area (Å²) >= 11 is 0. The molecule has 2 nitrogen and oxygen atoms in total. The second-order valence-electron chi connectivity index (χ2n) is 4.44. The number of ether oxygens (including phenoxy) is 1. The Labute approximate surface area is 90.3 Å². The van der Waals surface area contributed by atoms with Crippen molar-refractivity contribution in [3.05, 3.63) is 36.0 Å². The van der Waals surface area contributed by atoms with E-state index < -0.39 is 0 Å². The first-order valence-corrected chi connectivity index (χ1v) is 5.29. The van der Waals surface area contributed by atoms with Gasteiger partial charge in [0.1, 0.15) is 5.60 Å². The average molecular weight is 204 g/mol. The van der Waals surface area contributed by atoms with Gasteiger partial charge in [-0.25, -0.2) is 4.79 Å². The minimum absolute atomic E-state index is 0.280. The molecule has 2 rings (SSSR count). The van der Waals surface area contributed by atoms with Gasteiger partial charge in [0, 0.05) is 24.3 Å². The molecule has 0 aliphatic heterocycles. The Kier molecular flexibility index (Phi) is 2.29. The van der Waals surface area contributed by atoms with Crippen LogP contribution in [0.4, 0.5) is 0 Å². The fraction of sp³-hybridized carbons (Fsp3) is 0.462. The quantitative estimate of drug-likeness (QED) is 0.393. The molecule has 2 heteroatoms. The number of hydrogen-bond donors (Lipinski definition) is 0. The summed E-state index contributed by atoms with van der Waals surface area (Å²) < 4.78 is 5.52. The van der Waals surface area contributed by atoms with Crippen LogP contribution in [0.5, 0.6) is 0 Å². The third-order valence-corrected chi connectivity index (χ3v) is 3.19. The van der Waals surface area contributed by atoms with Crippen LogP contribution < -0.4 is 0 Å². The van der Waals surface area contributed by atoms with Crippen LogP contribution in [0.25, 0.3) is 0 Å². The van der Waals surface area contributed by atoms with Gasteiger partial charge in [-0.2, -0.15) is 0 Å². The molecule has 2 atom stereocenters. The van der Waals surface area contributed by atoms with Crippen LogP contribution in [0.15, 0.2) is 36.0 Å². The third-order valence-electron chi connectivity index (χ3n) is 3.19. The third kappa shape index (κ3) is 1.65. The van der Waals surface area contributed by atoms with Crippen molar-refractivity contribution in [2.24, 2.45) is 5.92 Å². The minimum Gasteiger partial charge on any atom is -0.451 e. The summed E-state index contributed by atoms with van der Waals surface area (Å²) in [6, 6.07) is 0. The Morgan fingerprint density at radius 2 is 2.47 bits per heavy atom. The number of rotatable bonds is 2. The molecule has 2 bridgehead atoms. The van der Waals surface area contributed by atoms with E-state index in [2.05, 4.69) is 18.7 Å². The standard InChI is InChI=1S/C13H16O2/c1-4-10-7-13(6-5-11(10)8-13)15-12(14)9(2)3/h4-6,11H,2,7-8H2,1,3H3/b10-4+. The number of fused-ring (bicyclic) bond motifs is 2. The van der Waals surface area contributed by atoms with Gasteiger partial charge in [-0.05, 0) is 19.9 Å². The van der Waals surface area contributed by atoms with Crippen LogP contribution in [0.2, 0.25) is 0 Å². The molecule has 0 aromatic heterocycles. The predicted molar refractivity (Wildman–Crippen MR) is 59.3 cm³/mol. The lowest BCUT2D eigenvalue weighted by Crippen LogP contribution is -2.28. The fourth-order valence-electron chi connectivity index (χ4n) is 2.36. The lowest BCUT2D eigenvalue weighted by atomic mass is 9.98. The van der Waals surface area contributed by atoms with E-state index in [1.807, 2.05) is 13.0 Å². The van der Waals surface area contributed by atoms with Crippen molar-refractivity contribution in [2.45, 2.75) is 32.3 Å². The van der Waals surface area contributed by atoms with E-state index in [1.165, 1.54) is 5.57 Å². The van der Waals surface area contributed by atoms with Crippen LogP contribution >= 0.6 is 0 Å². The summed E-state index contributed by atoms with van der Waals surface area (Å²) in [5.74, 6) is 0.200. The van der Waals surface area contributed by atoms with E-state index in [-0.39, 0.29) is 11.6 Å². The van der Waals surface area contributed by atoms with Gasteiger partial charge in [0.15, 0.2) is 0 Å². The average Bonchev–Trinajstić information content (AvgIpc) is 2.74. The van der Waals surface area contributed by atoms with Crippen molar-refractivity contribution in [3.8, 4) is 0 Å². The Bertz CT molecular complexity index is 376. The maximum Gasteiger partial charge on any atom is 0.333 e. The summed E-state index contributed by atoms with van der Waals surface area (Å²) in [5.41, 5.74) is 1.48. The van der Waals surface area contributed by atoms with Crippen molar-refractivity contribution in [1.82, 2.24) is 0 Å². The highest BCUT2D eigenvalue weighted by atomic mass is 16.6. The monoisotopic (exact) mass is 204 g/mol. The number of esters is 1. The first-order chi connectivity index (χ1) is 7.06. The maximum atomic E-state index is 11.5. The summed E-state index contributed by atoms with van der Waals surface area (Å²) in [7, 11) is 0. The van der Waals surface area contributed by atoms with Gasteiger partial charge in [0.2, 0.25) is 0 Å².